The minimum absolute atomic E-state index is 0.136. The average molecular weight is 289 g/mol. The summed E-state index contributed by atoms with van der Waals surface area (Å²) in [5, 5.41) is 8.88. The molecule has 0 bridgehead atoms. The van der Waals surface area contributed by atoms with Crippen LogP contribution in [0, 0.1) is 5.92 Å². The lowest BCUT2D eigenvalue weighted by Crippen LogP contribution is -2.37. The lowest BCUT2D eigenvalue weighted by atomic mass is 9.81. The Labute approximate surface area is 123 Å². The van der Waals surface area contributed by atoms with Crippen molar-refractivity contribution < 1.29 is 19.5 Å². The maximum atomic E-state index is 12.6. The molecule has 2 unspecified atom stereocenters. The molecule has 5 nitrogen and oxygen atoms in total. The number of aliphatic carboxylic acids is 1. The highest BCUT2D eigenvalue weighted by Gasteiger charge is 2.48. The summed E-state index contributed by atoms with van der Waals surface area (Å²) in [5.74, 6) is -1.96. The molecule has 112 valence electrons. The number of carbonyl (C=O) groups is 3. The van der Waals surface area contributed by atoms with E-state index < -0.39 is 17.3 Å². The van der Waals surface area contributed by atoms with E-state index in [0.29, 0.717) is 0 Å². The molecule has 1 heterocycles. The third-order valence-electron chi connectivity index (χ3n) is 4.14. The quantitative estimate of drug-likeness (QED) is 0.839. The van der Waals surface area contributed by atoms with Crippen molar-refractivity contribution in [1.29, 1.82) is 0 Å². The van der Waals surface area contributed by atoms with Gasteiger partial charge < -0.3 is 5.11 Å². The van der Waals surface area contributed by atoms with Crippen molar-refractivity contribution in [3.63, 3.8) is 0 Å². The summed E-state index contributed by atoms with van der Waals surface area (Å²) in [5.41, 5.74) is -0.0257. The van der Waals surface area contributed by atoms with Crippen LogP contribution in [0.15, 0.2) is 30.3 Å². The fourth-order valence-corrected chi connectivity index (χ4v) is 2.59. The van der Waals surface area contributed by atoms with Crippen LogP contribution >= 0.6 is 0 Å². The second-order valence-electron chi connectivity index (χ2n) is 5.75. The predicted molar refractivity (Wildman–Crippen MR) is 76.5 cm³/mol. The van der Waals surface area contributed by atoms with Crippen molar-refractivity contribution >= 4 is 17.8 Å². The van der Waals surface area contributed by atoms with Gasteiger partial charge >= 0.3 is 5.97 Å². The first kappa shape index (κ1) is 15.2. The van der Waals surface area contributed by atoms with Crippen LogP contribution in [-0.2, 0) is 19.8 Å². The maximum Gasteiger partial charge on any atom is 0.306 e. The molecule has 2 rings (SSSR count). The number of nitrogens with zero attached hydrogens (tertiary/aromatic N) is 1. The van der Waals surface area contributed by atoms with Crippen LogP contribution in [0.25, 0.3) is 0 Å². The Bertz CT molecular complexity index is 569. The number of benzene rings is 1. The standard InChI is InChI=1S/C16H19NO4/c1-11(14(19)20)8-9-17-13(18)10-16(2,15(17)21)12-6-4-3-5-7-12/h3-7,11H,8-10H2,1-2H3,(H,19,20). The van der Waals surface area contributed by atoms with Gasteiger partial charge in [0, 0.05) is 13.0 Å². The van der Waals surface area contributed by atoms with Crippen LogP contribution in [0.4, 0.5) is 0 Å². The molecule has 5 heteroatoms. The lowest BCUT2D eigenvalue weighted by Gasteiger charge is -2.23. The number of imide groups is 1. The van der Waals surface area contributed by atoms with Crippen molar-refractivity contribution in [3.8, 4) is 0 Å². The van der Waals surface area contributed by atoms with Crippen molar-refractivity contribution in [2.45, 2.75) is 32.1 Å². The number of carboxylic acid groups (broad SMARTS) is 1. The monoisotopic (exact) mass is 289 g/mol. The first-order valence-corrected chi connectivity index (χ1v) is 6.99. The number of hydrogen-bond donors (Lipinski definition) is 1. The Hall–Kier alpha value is -2.17. The fourth-order valence-electron chi connectivity index (χ4n) is 2.59. The van der Waals surface area contributed by atoms with E-state index in [2.05, 4.69) is 0 Å². The van der Waals surface area contributed by atoms with Gasteiger partial charge in [-0.2, -0.15) is 0 Å². The Morgan fingerprint density at radius 1 is 1.33 bits per heavy atom. The summed E-state index contributed by atoms with van der Waals surface area (Å²) in [6.07, 6.45) is 0.412. The Kier molecular flexibility index (Phi) is 4.11. The van der Waals surface area contributed by atoms with E-state index in [-0.39, 0.29) is 31.2 Å². The Morgan fingerprint density at radius 3 is 2.52 bits per heavy atom. The molecule has 0 aliphatic carbocycles. The van der Waals surface area contributed by atoms with Gasteiger partial charge in [-0.3, -0.25) is 19.3 Å². The van der Waals surface area contributed by atoms with Gasteiger partial charge in [-0.25, -0.2) is 0 Å². The van der Waals surface area contributed by atoms with Crippen molar-refractivity contribution in [1.82, 2.24) is 4.90 Å². The van der Waals surface area contributed by atoms with Gasteiger partial charge in [-0.1, -0.05) is 37.3 Å². The molecule has 2 amide bonds. The number of carbonyl (C=O) groups excluding carboxylic acids is 2. The first-order chi connectivity index (χ1) is 9.86. The van der Waals surface area contributed by atoms with E-state index in [4.69, 9.17) is 5.11 Å². The van der Waals surface area contributed by atoms with Gasteiger partial charge in [0.15, 0.2) is 0 Å². The lowest BCUT2D eigenvalue weighted by molar-refractivity contribution is -0.144. The SMILES string of the molecule is CC(CCN1C(=O)CC(C)(c2ccccc2)C1=O)C(=O)O. The molecule has 1 aromatic carbocycles. The molecule has 1 saturated heterocycles. The molecule has 1 aliphatic heterocycles. The van der Waals surface area contributed by atoms with E-state index in [1.54, 1.807) is 13.8 Å². The van der Waals surface area contributed by atoms with Crippen LogP contribution in [0.3, 0.4) is 0 Å². The molecule has 1 fully saturated rings. The zero-order valence-corrected chi connectivity index (χ0v) is 12.2. The molecule has 1 aromatic rings. The first-order valence-electron chi connectivity index (χ1n) is 6.99. The molecular weight excluding hydrogens is 270 g/mol. The minimum atomic E-state index is -0.917. The maximum absolute atomic E-state index is 12.6. The van der Waals surface area contributed by atoms with Gasteiger partial charge in [-0.05, 0) is 18.9 Å². The summed E-state index contributed by atoms with van der Waals surface area (Å²) in [7, 11) is 0. The molecule has 0 saturated carbocycles. The smallest absolute Gasteiger partial charge is 0.306 e. The molecule has 2 atom stereocenters. The van der Waals surface area contributed by atoms with Crippen LogP contribution < -0.4 is 0 Å². The van der Waals surface area contributed by atoms with Crippen molar-refractivity contribution in [3.05, 3.63) is 35.9 Å². The van der Waals surface area contributed by atoms with Crippen LogP contribution in [-0.4, -0.2) is 34.3 Å². The number of rotatable bonds is 5. The van der Waals surface area contributed by atoms with E-state index in [0.717, 1.165) is 5.56 Å². The summed E-state index contributed by atoms with van der Waals surface area (Å²) in [4.78, 5) is 36.7. The van der Waals surface area contributed by atoms with Gasteiger partial charge in [0.25, 0.3) is 0 Å². The highest BCUT2D eigenvalue weighted by Crippen LogP contribution is 2.36. The Balaban J connectivity index is 2.15. The summed E-state index contributed by atoms with van der Waals surface area (Å²) in [6, 6.07) is 9.23. The van der Waals surface area contributed by atoms with E-state index in [1.807, 2.05) is 30.3 Å². The predicted octanol–water partition coefficient (Wildman–Crippen LogP) is 1.81. The van der Waals surface area contributed by atoms with Crippen LogP contribution in [0.2, 0.25) is 0 Å². The largest absolute Gasteiger partial charge is 0.481 e. The normalized spacial score (nSPS) is 23.4. The van der Waals surface area contributed by atoms with Crippen LogP contribution in [0.1, 0.15) is 32.3 Å². The summed E-state index contributed by atoms with van der Waals surface area (Å²) >= 11 is 0. The average Bonchev–Trinajstić information content (AvgIpc) is 2.68. The minimum Gasteiger partial charge on any atom is -0.481 e. The zero-order valence-electron chi connectivity index (χ0n) is 12.2. The second-order valence-corrected chi connectivity index (χ2v) is 5.75. The topological polar surface area (TPSA) is 74.7 Å². The zero-order chi connectivity index (χ0) is 15.6. The van der Waals surface area contributed by atoms with Gasteiger partial charge in [0.2, 0.25) is 11.8 Å². The molecule has 21 heavy (non-hydrogen) atoms. The number of hydrogen-bond acceptors (Lipinski definition) is 3. The number of likely N-dealkylation sites (tertiary alicyclic amines) is 1. The fraction of sp³-hybridized carbons (Fsp3) is 0.438. The summed E-state index contributed by atoms with van der Waals surface area (Å²) < 4.78 is 0. The van der Waals surface area contributed by atoms with Crippen LogP contribution in [0.5, 0.6) is 0 Å². The molecule has 0 spiro atoms. The van der Waals surface area contributed by atoms with Gasteiger partial charge in [-0.15, -0.1) is 0 Å². The summed E-state index contributed by atoms with van der Waals surface area (Å²) in [6.45, 7) is 3.50. The van der Waals surface area contributed by atoms with E-state index in [9.17, 15) is 14.4 Å². The molecular formula is C16H19NO4. The number of carboxylic acids is 1. The van der Waals surface area contributed by atoms with Crippen molar-refractivity contribution in [2.75, 3.05) is 6.54 Å². The van der Waals surface area contributed by atoms with E-state index in [1.165, 1.54) is 4.90 Å². The third kappa shape index (κ3) is 2.82. The molecule has 1 N–H and O–H groups in total. The van der Waals surface area contributed by atoms with E-state index >= 15 is 0 Å². The third-order valence-corrected chi connectivity index (χ3v) is 4.14. The highest BCUT2D eigenvalue weighted by atomic mass is 16.4. The van der Waals surface area contributed by atoms with Gasteiger partial charge in [0.05, 0.1) is 11.3 Å². The highest BCUT2D eigenvalue weighted by molar-refractivity contribution is 6.08. The second kappa shape index (κ2) is 5.68. The molecule has 1 aliphatic rings. The van der Waals surface area contributed by atoms with Crippen molar-refractivity contribution in [2.24, 2.45) is 5.92 Å². The number of amides is 2. The molecule has 0 aromatic heterocycles. The molecule has 0 radical (unpaired) electrons. The Morgan fingerprint density at radius 2 is 1.95 bits per heavy atom. The van der Waals surface area contributed by atoms with Gasteiger partial charge in [0.1, 0.15) is 0 Å².